The van der Waals surface area contributed by atoms with Gasteiger partial charge >= 0.3 is 0 Å². The summed E-state index contributed by atoms with van der Waals surface area (Å²) in [5.74, 6) is -0.483. The zero-order valence-electron chi connectivity index (χ0n) is 13.9. The van der Waals surface area contributed by atoms with Crippen molar-refractivity contribution in [3.05, 3.63) is 59.4 Å². The number of nitrogens with one attached hydrogen (secondary N) is 1. The molecule has 2 aromatic carbocycles. The van der Waals surface area contributed by atoms with Crippen LogP contribution in [0.2, 0.25) is 0 Å². The molecule has 25 heavy (non-hydrogen) atoms. The van der Waals surface area contributed by atoms with Gasteiger partial charge in [-0.1, -0.05) is 12.1 Å². The van der Waals surface area contributed by atoms with Crippen LogP contribution in [0.25, 0.3) is 0 Å². The highest BCUT2D eigenvalue weighted by Gasteiger charge is 2.16. The summed E-state index contributed by atoms with van der Waals surface area (Å²) in [7, 11) is 0. The first kappa shape index (κ1) is 17.2. The Labute approximate surface area is 146 Å². The summed E-state index contributed by atoms with van der Waals surface area (Å²) in [6.07, 6.45) is 0.639. The summed E-state index contributed by atoms with van der Waals surface area (Å²) in [5, 5.41) is 12.0. The average molecular weight is 344 g/mol. The minimum Gasteiger partial charge on any atom is -0.508 e. The maximum absolute atomic E-state index is 14.3. The Morgan fingerprint density at radius 1 is 1.16 bits per heavy atom. The van der Waals surface area contributed by atoms with Gasteiger partial charge in [-0.05, 0) is 42.3 Å². The van der Waals surface area contributed by atoms with E-state index in [9.17, 15) is 14.3 Å². The van der Waals surface area contributed by atoms with Crippen LogP contribution in [0.3, 0.4) is 0 Å². The van der Waals surface area contributed by atoms with Crippen molar-refractivity contribution >= 4 is 11.6 Å². The minimum atomic E-state index is -0.395. The molecule has 0 aromatic heterocycles. The van der Waals surface area contributed by atoms with Crippen molar-refractivity contribution in [1.82, 2.24) is 5.32 Å². The Morgan fingerprint density at radius 2 is 1.88 bits per heavy atom. The largest absolute Gasteiger partial charge is 0.508 e. The van der Waals surface area contributed by atoms with Crippen LogP contribution in [-0.4, -0.2) is 43.9 Å². The van der Waals surface area contributed by atoms with Crippen molar-refractivity contribution in [1.29, 1.82) is 0 Å². The molecule has 0 bridgehead atoms. The molecule has 1 fully saturated rings. The fourth-order valence-corrected chi connectivity index (χ4v) is 2.79. The second-order valence-electron chi connectivity index (χ2n) is 5.94. The molecule has 5 nitrogen and oxygen atoms in total. The quantitative estimate of drug-likeness (QED) is 0.874. The van der Waals surface area contributed by atoms with Gasteiger partial charge in [-0.25, -0.2) is 4.39 Å². The Balaban J connectivity index is 1.56. The first-order chi connectivity index (χ1) is 12.1. The minimum absolute atomic E-state index is 0.212. The van der Waals surface area contributed by atoms with Gasteiger partial charge in [0.1, 0.15) is 11.6 Å². The summed E-state index contributed by atoms with van der Waals surface area (Å²) in [4.78, 5) is 14.1. The Kier molecular flexibility index (Phi) is 5.50. The summed E-state index contributed by atoms with van der Waals surface area (Å²) in [6, 6.07) is 11.4. The van der Waals surface area contributed by atoms with E-state index in [0.29, 0.717) is 50.5 Å². The molecule has 0 spiro atoms. The number of aromatic hydroxyl groups is 1. The molecular formula is C19H21FN2O3. The number of morpholine rings is 1. The molecule has 1 aliphatic rings. The molecule has 2 N–H and O–H groups in total. The zero-order valence-corrected chi connectivity index (χ0v) is 13.9. The third-order valence-electron chi connectivity index (χ3n) is 4.20. The number of phenolic OH excluding ortho intramolecular Hbond substituents is 1. The number of carbonyl (C=O) groups is 1. The molecule has 0 saturated carbocycles. The number of halogens is 1. The van der Waals surface area contributed by atoms with Gasteiger partial charge in [0.25, 0.3) is 5.91 Å². The fraction of sp³-hybridized carbons (Fsp3) is 0.316. The van der Waals surface area contributed by atoms with Crippen LogP contribution in [0, 0.1) is 5.82 Å². The molecule has 0 unspecified atom stereocenters. The number of hydrogen-bond donors (Lipinski definition) is 2. The highest BCUT2D eigenvalue weighted by atomic mass is 19.1. The summed E-state index contributed by atoms with van der Waals surface area (Å²) in [5.41, 5.74) is 1.82. The highest BCUT2D eigenvalue weighted by molar-refractivity contribution is 5.94. The molecule has 1 heterocycles. The van der Waals surface area contributed by atoms with Crippen LogP contribution >= 0.6 is 0 Å². The number of carbonyl (C=O) groups excluding carboxylic acids is 1. The lowest BCUT2D eigenvalue weighted by Gasteiger charge is -2.29. The lowest BCUT2D eigenvalue weighted by molar-refractivity contribution is 0.0953. The lowest BCUT2D eigenvalue weighted by Crippen LogP contribution is -2.36. The van der Waals surface area contributed by atoms with E-state index in [1.807, 2.05) is 4.90 Å². The molecule has 2 aromatic rings. The highest BCUT2D eigenvalue weighted by Crippen LogP contribution is 2.21. The predicted molar refractivity (Wildman–Crippen MR) is 93.6 cm³/mol. The molecule has 1 saturated heterocycles. The third kappa shape index (κ3) is 4.48. The van der Waals surface area contributed by atoms with Crippen molar-refractivity contribution in [3.63, 3.8) is 0 Å². The molecule has 6 heteroatoms. The van der Waals surface area contributed by atoms with Gasteiger partial charge in [0.05, 0.1) is 18.9 Å². The van der Waals surface area contributed by atoms with Crippen molar-refractivity contribution < 1.29 is 19.0 Å². The van der Waals surface area contributed by atoms with Gasteiger partial charge < -0.3 is 20.1 Å². The van der Waals surface area contributed by atoms with E-state index in [0.717, 1.165) is 5.56 Å². The van der Waals surface area contributed by atoms with Gasteiger partial charge in [0.15, 0.2) is 0 Å². The number of hydrogen-bond acceptors (Lipinski definition) is 4. The molecule has 132 valence electrons. The number of ether oxygens (including phenoxy) is 1. The standard InChI is InChI=1S/C19H21FN2O3/c20-17-13-15(3-6-18(17)22-9-11-25-12-10-22)19(24)21-8-7-14-1-4-16(23)5-2-14/h1-6,13,23H,7-12H2,(H,21,24). The van der Waals surface area contributed by atoms with Crippen molar-refractivity contribution in [3.8, 4) is 5.75 Å². The maximum Gasteiger partial charge on any atom is 0.251 e. The molecule has 1 amide bonds. The van der Waals surface area contributed by atoms with E-state index in [4.69, 9.17) is 4.74 Å². The Hall–Kier alpha value is -2.60. The van der Waals surface area contributed by atoms with Crippen molar-refractivity contribution in [2.24, 2.45) is 0 Å². The summed E-state index contributed by atoms with van der Waals surface area (Å²) in [6.45, 7) is 2.90. The van der Waals surface area contributed by atoms with E-state index in [1.165, 1.54) is 6.07 Å². The zero-order chi connectivity index (χ0) is 17.6. The molecule has 3 rings (SSSR count). The first-order valence-electron chi connectivity index (χ1n) is 8.32. The molecule has 0 atom stereocenters. The summed E-state index contributed by atoms with van der Waals surface area (Å²) < 4.78 is 19.6. The van der Waals surface area contributed by atoms with E-state index in [2.05, 4.69) is 5.32 Å². The number of benzene rings is 2. The first-order valence-corrected chi connectivity index (χ1v) is 8.32. The van der Waals surface area contributed by atoms with Gasteiger partial charge in [-0.15, -0.1) is 0 Å². The number of rotatable bonds is 5. The van der Waals surface area contributed by atoms with Gasteiger partial charge in [0, 0.05) is 25.2 Å². The van der Waals surface area contributed by atoms with Crippen LogP contribution in [0.1, 0.15) is 15.9 Å². The average Bonchev–Trinajstić information content (AvgIpc) is 2.64. The van der Waals surface area contributed by atoms with Crippen LogP contribution < -0.4 is 10.2 Å². The molecule has 0 aliphatic carbocycles. The van der Waals surface area contributed by atoms with Crippen LogP contribution in [-0.2, 0) is 11.2 Å². The fourth-order valence-electron chi connectivity index (χ4n) is 2.79. The lowest BCUT2D eigenvalue weighted by atomic mass is 10.1. The topological polar surface area (TPSA) is 61.8 Å². The van der Waals surface area contributed by atoms with Crippen LogP contribution in [0.4, 0.5) is 10.1 Å². The molecule has 0 radical (unpaired) electrons. The number of amides is 1. The van der Waals surface area contributed by atoms with E-state index in [1.54, 1.807) is 36.4 Å². The second-order valence-corrected chi connectivity index (χ2v) is 5.94. The number of nitrogens with zero attached hydrogens (tertiary/aromatic N) is 1. The van der Waals surface area contributed by atoms with E-state index < -0.39 is 5.82 Å². The van der Waals surface area contributed by atoms with Gasteiger partial charge in [0.2, 0.25) is 0 Å². The number of anilines is 1. The molecular weight excluding hydrogens is 323 g/mol. The molecule has 1 aliphatic heterocycles. The number of phenols is 1. The smallest absolute Gasteiger partial charge is 0.251 e. The van der Waals surface area contributed by atoms with Gasteiger partial charge in [-0.2, -0.15) is 0 Å². The SMILES string of the molecule is O=C(NCCc1ccc(O)cc1)c1ccc(N2CCOCC2)c(F)c1. The van der Waals surface area contributed by atoms with E-state index in [-0.39, 0.29) is 11.7 Å². The van der Waals surface area contributed by atoms with Gasteiger partial charge in [-0.3, -0.25) is 4.79 Å². The van der Waals surface area contributed by atoms with E-state index >= 15 is 0 Å². The monoisotopic (exact) mass is 344 g/mol. The summed E-state index contributed by atoms with van der Waals surface area (Å²) >= 11 is 0. The third-order valence-corrected chi connectivity index (χ3v) is 4.20. The second kappa shape index (κ2) is 7.98. The normalized spacial score (nSPS) is 14.4. The Bertz CT molecular complexity index is 728. The van der Waals surface area contributed by atoms with Crippen LogP contribution in [0.15, 0.2) is 42.5 Å². The van der Waals surface area contributed by atoms with Crippen LogP contribution in [0.5, 0.6) is 5.75 Å². The predicted octanol–water partition coefficient (Wildman–Crippen LogP) is 2.34. The van der Waals surface area contributed by atoms with Crippen molar-refractivity contribution in [2.75, 3.05) is 37.7 Å². The van der Waals surface area contributed by atoms with Crippen molar-refractivity contribution in [2.45, 2.75) is 6.42 Å². The Morgan fingerprint density at radius 3 is 2.56 bits per heavy atom. The maximum atomic E-state index is 14.3.